The largest absolute Gasteiger partial charge is 0.497 e. The second-order valence-corrected chi connectivity index (χ2v) is 18.6. The van der Waals surface area contributed by atoms with Crippen molar-refractivity contribution >= 4 is 44.7 Å². The highest BCUT2D eigenvalue weighted by Gasteiger charge is 2.61. The number of nitrogens with zero attached hydrogens (tertiary/aromatic N) is 2. The summed E-state index contributed by atoms with van der Waals surface area (Å²) in [5, 5.41) is 20.1. The summed E-state index contributed by atoms with van der Waals surface area (Å²) in [7, 11) is -2.42. The van der Waals surface area contributed by atoms with Gasteiger partial charge in [0, 0.05) is 41.8 Å². The molecule has 2 heterocycles. The second kappa shape index (κ2) is 16.2. The summed E-state index contributed by atoms with van der Waals surface area (Å²) in [6.07, 6.45) is 1.10. The van der Waals surface area contributed by atoms with Crippen molar-refractivity contribution in [3.05, 3.63) is 103 Å². The molecule has 7 rings (SSSR count). The predicted octanol–water partition coefficient (Wildman–Crippen LogP) is 3.77. The molecule has 2 fully saturated rings. The molecule has 2 unspecified atom stereocenters. The van der Waals surface area contributed by atoms with Crippen LogP contribution in [0.25, 0.3) is 22.2 Å². The zero-order valence-corrected chi connectivity index (χ0v) is 34.9. The van der Waals surface area contributed by atoms with Crippen molar-refractivity contribution < 1.29 is 42.2 Å². The van der Waals surface area contributed by atoms with E-state index >= 15 is 0 Å². The number of likely N-dealkylation sites (tertiary alicyclic amines) is 1. The minimum Gasteiger partial charge on any atom is -0.497 e. The Morgan fingerprint density at radius 2 is 1.75 bits per heavy atom. The van der Waals surface area contributed by atoms with E-state index < -0.39 is 81.0 Å². The summed E-state index contributed by atoms with van der Waals surface area (Å²) in [6.45, 7) is 9.01. The maximum atomic E-state index is 14.5. The SMILES string of the molecule is C=CC1C[C@]1(NC(=O)[C@@H]1CC(Oc2cc(-c3ccccc3)nc3cc(OC)ccc23)CN1C(=O)N[C@H](C(=O)N[C@H]1c2ccccc2C[C@H]1O)C(C)(C)C)C(=O)NS(C)(=O)=O. The van der Waals surface area contributed by atoms with E-state index in [1.165, 1.54) is 11.0 Å². The lowest BCUT2D eigenvalue weighted by atomic mass is 9.86. The molecule has 4 aromatic rings. The molecule has 1 aliphatic heterocycles. The van der Waals surface area contributed by atoms with Crippen LogP contribution in [0.3, 0.4) is 0 Å². The first-order valence-electron chi connectivity index (χ1n) is 19.7. The summed E-state index contributed by atoms with van der Waals surface area (Å²) in [5.41, 5.74) is 1.29. The number of hydrogen-bond donors (Lipinski definition) is 5. The normalized spacial score (nSPS) is 23.8. The van der Waals surface area contributed by atoms with Crippen LogP contribution in [0.15, 0.2) is 91.5 Å². The van der Waals surface area contributed by atoms with E-state index in [1.807, 2.05) is 65.4 Å². The van der Waals surface area contributed by atoms with Crippen molar-refractivity contribution in [1.82, 2.24) is 30.6 Å². The maximum absolute atomic E-state index is 14.5. The molecule has 3 aliphatic rings. The van der Waals surface area contributed by atoms with Crippen LogP contribution in [0.5, 0.6) is 11.5 Å². The Hall–Kier alpha value is -6.00. The number of benzene rings is 3. The number of carbonyl (C=O) groups excluding carboxylic acids is 4. The monoisotopic (exact) mass is 838 g/mol. The minimum absolute atomic E-state index is 0.0279. The molecule has 5 N–H and O–H groups in total. The molecule has 1 aromatic heterocycles. The Labute approximate surface area is 349 Å². The Morgan fingerprint density at radius 3 is 2.42 bits per heavy atom. The van der Waals surface area contributed by atoms with E-state index in [-0.39, 0.29) is 19.4 Å². The van der Waals surface area contributed by atoms with Crippen molar-refractivity contribution in [3.8, 4) is 22.8 Å². The molecular weight excluding hydrogens is 789 g/mol. The third-order valence-corrected chi connectivity index (χ3v) is 12.0. The zero-order chi connectivity index (χ0) is 43.1. The number of aliphatic hydroxyl groups excluding tert-OH is 1. The number of amides is 5. The number of rotatable bonds is 12. The highest BCUT2D eigenvalue weighted by molar-refractivity contribution is 7.89. The van der Waals surface area contributed by atoms with Crippen LogP contribution in [0.1, 0.15) is 50.8 Å². The third-order valence-electron chi connectivity index (χ3n) is 11.4. The molecule has 0 radical (unpaired) electrons. The lowest BCUT2D eigenvalue weighted by Gasteiger charge is -2.34. The van der Waals surface area contributed by atoms with Gasteiger partial charge in [-0.15, -0.1) is 6.58 Å². The van der Waals surface area contributed by atoms with E-state index in [0.717, 1.165) is 22.9 Å². The molecule has 15 nitrogen and oxygen atoms in total. The first kappa shape index (κ1) is 42.1. The summed E-state index contributed by atoms with van der Waals surface area (Å²) in [6, 6.07) is 20.3. The van der Waals surface area contributed by atoms with Gasteiger partial charge in [-0.3, -0.25) is 19.1 Å². The molecule has 1 saturated heterocycles. The fraction of sp³-hybridized carbons (Fsp3) is 0.386. The molecule has 3 aromatic carbocycles. The lowest BCUT2D eigenvalue weighted by molar-refractivity contribution is -0.131. The summed E-state index contributed by atoms with van der Waals surface area (Å²) in [5.74, 6) is -1.71. The van der Waals surface area contributed by atoms with Crippen molar-refractivity contribution in [3.63, 3.8) is 0 Å². The Morgan fingerprint density at radius 1 is 1.03 bits per heavy atom. The van der Waals surface area contributed by atoms with Crippen LogP contribution in [-0.2, 0) is 30.8 Å². The molecule has 7 atom stereocenters. The quantitative estimate of drug-likeness (QED) is 0.131. The number of sulfonamides is 1. The molecule has 5 amide bonds. The fourth-order valence-corrected chi connectivity index (χ4v) is 8.67. The smallest absolute Gasteiger partial charge is 0.318 e. The molecular formula is C44H50N6O9S. The molecule has 60 heavy (non-hydrogen) atoms. The van der Waals surface area contributed by atoms with E-state index in [2.05, 4.69) is 22.5 Å². The molecule has 16 heteroatoms. The highest BCUT2D eigenvalue weighted by atomic mass is 32.2. The topological polar surface area (TPSA) is 205 Å². The zero-order valence-electron chi connectivity index (χ0n) is 34.1. The van der Waals surface area contributed by atoms with Crippen LogP contribution < -0.4 is 30.1 Å². The second-order valence-electron chi connectivity index (χ2n) is 16.8. The minimum atomic E-state index is -3.98. The number of urea groups is 1. The first-order chi connectivity index (χ1) is 28.4. The number of hydrogen-bond acceptors (Lipinski definition) is 10. The van der Waals surface area contributed by atoms with Crippen LogP contribution in [-0.4, -0.2) is 96.9 Å². The van der Waals surface area contributed by atoms with E-state index in [1.54, 1.807) is 46.1 Å². The van der Waals surface area contributed by atoms with Gasteiger partial charge >= 0.3 is 6.03 Å². The van der Waals surface area contributed by atoms with Gasteiger partial charge in [-0.25, -0.2) is 18.2 Å². The van der Waals surface area contributed by atoms with E-state index in [0.29, 0.717) is 34.5 Å². The molecule has 1 saturated carbocycles. The van der Waals surface area contributed by atoms with Gasteiger partial charge in [0.25, 0.3) is 5.91 Å². The predicted molar refractivity (Wildman–Crippen MR) is 224 cm³/mol. The average Bonchev–Trinajstić information content (AvgIpc) is 3.61. The standard InChI is InChI=1S/C44H50N6O9S/c1-7-27-23-44(27,41(54)49-60(6,56)57)48-39(52)34-21-29(59-36-22-32(25-13-9-8-10-14-25)45-33-20-28(58-5)17-18-31(33)36)24-50(34)42(55)47-38(43(2,3)4)40(53)46-37-30-16-12-11-15-26(30)19-35(37)51/h7-18,20,22,27,29,34-35,37-38,51H,1,19,21,23-24H2,2-6H3,(H,46,53)(H,47,55)(H,48,52)(H,49,54)/t27?,29?,34-,35+,37-,38+,44+/m0/s1. The van der Waals surface area contributed by atoms with Crippen molar-refractivity contribution in [2.45, 2.75) is 75.9 Å². The van der Waals surface area contributed by atoms with Crippen molar-refractivity contribution in [2.75, 3.05) is 19.9 Å². The average molecular weight is 839 g/mol. The number of pyridine rings is 1. The Balaban J connectivity index is 1.20. The molecule has 2 aliphatic carbocycles. The number of aliphatic hydroxyl groups is 1. The Bertz CT molecular complexity index is 2460. The number of nitrogens with one attached hydrogen (secondary N) is 4. The number of carbonyl (C=O) groups is 4. The molecule has 316 valence electrons. The van der Waals surface area contributed by atoms with E-state index in [9.17, 15) is 32.7 Å². The highest BCUT2D eigenvalue weighted by Crippen LogP contribution is 2.45. The van der Waals surface area contributed by atoms with E-state index in [4.69, 9.17) is 14.5 Å². The number of aromatic nitrogens is 1. The van der Waals surface area contributed by atoms with Gasteiger partial charge in [-0.05, 0) is 35.1 Å². The molecule has 0 spiro atoms. The van der Waals surface area contributed by atoms with Gasteiger partial charge in [0.2, 0.25) is 21.8 Å². The van der Waals surface area contributed by atoms with Gasteiger partial charge in [-0.1, -0.05) is 81.4 Å². The van der Waals surface area contributed by atoms with Crippen LogP contribution in [0.4, 0.5) is 4.79 Å². The lowest BCUT2D eigenvalue weighted by Crippen LogP contribution is -2.60. The number of fused-ring (bicyclic) bond motifs is 2. The summed E-state index contributed by atoms with van der Waals surface area (Å²) < 4.78 is 38.3. The maximum Gasteiger partial charge on any atom is 0.318 e. The molecule has 0 bridgehead atoms. The third kappa shape index (κ3) is 8.66. The fourth-order valence-electron chi connectivity index (χ4n) is 8.16. The van der Waals surface area contributed by atoms with Gasteiger partial charge in [-0.2, -0.15) is 0 Å². The Kier molecular flexibility index (Phi) is 11.4. The van der Waals surface area contributed by atoms with Crippen molar-refractivity contribution in [1.29, 1.82) is 0 Å². The van der Waals surface area contributed by atoms with Crippen LogP contribution >= 0.6 is 0 Å². The van der Waals surface area contributed by atoms with Crippen molar-refractivity contribution in [2.24, 2.45) is 11.3 Å². The van der Waals surface area contributed by atoms with Gasteiger partial charge in [0.15, 0.2) is 0 Å². The van der Waals surface area contributed by atoms with Gasteiger partial charge in [0.1, 0.15) is 35.2 Å². The van der Waals surface area contributed by atoms with Crippen LogP contribution in [0.2, 0.25) is 0 Å². The van der Waals surface area contributed by atoms with Gasteiger partial charge in [0.05, 0.1) is 43.3 Å². The van der Waals surface area contributed by atoms with Crippen LogP contribution in [0, 0.1) is 11.3 Å². The number of ether oxygens (including phenoxy) is 2. The first-order valence-corrected chi connectivity index (χ1v) is 21.6. The van der Waals surface area contributed by atoms with Gasteiger partial charge < -0.3 is 35.4 Å². The summed E-state index contributed by atoms with van der Waals surface area (Å²) in [4.78, 5) is 62.4. The summed E-state index contributed by atoms with van der Waals surface area (Å²) >= 11 is 0. The number of methoxy groups -OCH3 is 1.